The molecule has 1 N–H and O–H groups in total. The van der Waals surface area contributed by atoms with Gasteiger partial charge >= 0.3 is 0 Å². The molecule has 0 aliphatic heterocycles. The average Bonchev–Trinajstić information content (AvgIpc) is 2.61. The summed E-state index contributed by atoms with van der Waals surface area (Å²) in [7, 11) is 0. The summed E-state index contributed by atoms with van der Waals surface area (Å²) in [6.07, 6.45) is 0. The van der Waals surface area contributed by atoms with Gasteiger partial charge in [-0.2, -0.15) is 5.26 Å². The Morgan fingerprint density at radius 3 is 2.38 bits per heavy atom. The van der Waals surface area contributed by atoms with Crippen LogP contribution in [0.5, 0.6) is 0 Å². The maximum atomic E-state index is 8.78. The van der Waals surface area contributed by atoms with Crippen molar-refractivity contribution < 1.29 is 0 Å². The first kappa shape index (κ1) is 10.9. The number of rotatable bonds is 2. The summed E-state index contributed by atoms with van der Waals surface area (Å²) >= 11 is 0. The van der Waals surface area contributed by atoms with Gasteiger partial charge in [-0.05, 0) is 23.0 Å². The fraction of sp³-hybridized carbons (Fsp3) is 0.538. The third kappa shape index (κ3) is 1.46. The monoisotopic (exact) mass is 215 g/mol. The first-order valence-electron chi connectivity index (χ1n) is 5.53. The Hall–Kier alpha value is -1.56. The predicted octanol–water partition coefficient (Wildman–Crippen LogP) is 2.80. The largest absolute Gasteiger partial charge is 0.366 e. The van der Waals surface area contributed by atoms with E-state index in [1.807, 2.05) is 12.1 Å². The average molecular weight is 215 g/mol. The van der Waals surface area contributed by atoms with E-state index in [4.69, 9.17) is 5.26 Å². The number of aromatic nitrogens is 1. The predicted molar refractivity (Wildman–Crippen MR) is 63.9 cm³/mol. The van der Waals surface area contributed by atoms with E-state index in [9.17, 15) is 0 Å². The number of anilines is 1. The van der Waals surface area contributed by atoms with Gasteiger partial charge in [0.15, 0.2) is 0 Å². The fourth-order valence-electron chi connectivity index (χ4n) is 2.28. The lowest BCUT2D eigenvalue weighted by Gasteiger charge is -2.06. The fourth-order valence-corrected chi connectivity index (χ4v) is 2.28. The van der Waals surface area contributed by atoms with Crippen LogP contribution in [0.25, 0.3) is 0 Å². The summed E-state index contributed by atoms with van der Waals surface area (Å²) in [5.74, 6) is 0.794. The van der Waals surface area contributed by atoms with Gasteiger partial charge in [0.2, 0.25) is 0 Å². The van der Waals surface area contributed by atoms with E-state index in [1.165, 1.54) is 0 Å². The lowest BCUT2D eigenvalue weighted by atomic mass is 10.0. The quantitative estimate of drug-likeness (QED) is 0.825. The van der Waals surface area contributed by atoms with Crippen LogP contribution in [-0.4, -0.2) is 11.0 Å². The molecule has 1 aliphatic carbocycles. The molecule has 3 nitrogen and oxygen atoms in total. The lowest BCUT2D eigenvalue weighted by Crippen LogP contribution is -2.11. The molecule has 16 heavy (non-hydrogen) atoms. The summed E-state index contributed by atoms with van der Waals surface area (Å²) in [4.78, 5) is 4.23. The Labute approximate surface area is 96.5 Å². The molecule has 1 aromatic rings. The molecule has 0 bridgehead atoms. The molecule has 0 aromatic carbocycles. The van der Waals surface area contributed by atoms with Crippen LogP contribution >= 0.6 is 0 Å². The van der Waals surface area contributed by atoms with Crippen LogP contribution in [0.1, 0.15) is 33.4 Å². The molecule has 0 saturated heterocycles. The smallest absolute Gasteiger partial charge is 0.142 e. The first-order valence-corrected chi connectivity index (χ1v) is 5.53. The van der Waals surface area contributed by atoms with Crippen molar-refractivity contribution >= 4 is 5.82 Å². The molecule has 0 amide bonds. The first-order chi connectivity index (χ1) is 7.39. The van der Waals surface area contributed by atoms with Crippen molar-refractivity contribution in [3.05, 3.63) is 23.9 Å². The summed E-state index contributed by atoms with van der Waals surface area (Å²) in [6, 6.07) is 7.95. The molecule has 0 unspecified atom stereocenters. The van der Waals surface area contributed by atoms with E-state index in [-0.39, 0.29) is 10.8 Å². The molecule has 1 fully saturated rings. The normalized spacial score (nSPS) is 21.2. The second-order valence-electron chi connectivity index (χ2n) is 5.54. The van der Waals surface area contributed by atoms with Crippen LogP contribution < -0.4 is 5.32 Å². The molecule has 1 aromatic heterocycles. The molecule has 1 saturated carbocycles. The van der Waals surface area contributed by atoms with Gasteiger partial charge in [0.05, 0.1) is 0 Å². The van der Waals surface area contributed by atoms with Crippen molar-refractivity contribution in [2.24, 2.45) is 10.8 Å². The SMILES string of the molecule is CC1(C)C(Nc2cccc(C#N)n2)C1(C)C. The van der Waals surface area contributed by atoms with Crippen molar-refractivity contribution in [2.75, 3.05) is 5.32 Å². The number of nitrogens with one attached hydrogen (secondary N) is 1. The van der Waals surface area contributed by atoms with Crippen LogP contribution in [0.15, 0.2) is 18.2 Å². The van der Waals surface area contributed by atoms with Crippen LogP contribution in [0.3, 0.4) is 0 Å². The summed E-state index contributed by atoms with van der Waals surface area (Å²) in [5.41, 5.74) is 1.01. The molecule has 2 rings (SSSR count). The molecule has 0 spiro atoms. The van der Waals surface area contributed by atoms with Crippen LogP contribution in [0.4, 0.5) is 5.82 Å². The minimum Gasteiger partial charge on any atom is -0.366 e. The van der Waals surface area contributed by atoms with Gasteiger partial charge < -0.3 is 5.32 Å². The molecular formula is C13H17N3. The minimum absolute atomic E-state index is 0.275. The van der Waals surface area contributed by atoms with Crippen molar-refractivity contribution in [1.29, 1.82) is 5.26 Å². The number of nitrogens with zero attached hydrogens (tertiary/aromatic N) is 2. The molecule has 1 heterocycles. The summed E-state index contributed by atoms with van der Waals surface area (Å²) in [5, 5.41) is 12.2. The molecule has 0 radical (unpaired) electrons. The van der Waals surface area contributed by atoms with E-state index in [1.54, 1.807) is 6.07 Å². The number of hydrogen-bond acceptors (Lipinski definition) is 3. The summed E-state index contributed by atoms with van der Waals surface area (Å²) < 4.78 is 0. The maximum absolute atomic E-state index is 8.78. The molecular weight excluding hydrogens is 198 g/mol. The van der Waals surface area contributed by atoms with E-state index in [0.29, 0.717) is 11.7 Å². The van der Waals surface area contributed by atoms with Gasteiger partial charge in [-0.25, -0.2) is 4.98 Å². The van der Waals surface area contributed by atoms with Gasteiger partial charge in [0, 0.05) is 6.04 Å². The number of pyridine rings is 1. The highest BCUT2D eigenvalue weighted by atomic mass is 15.1. The summed E-state index contributed by atoms with van der Waals surface area (Å²) in [6.45, 7) is 9.00. The van der Waals surface area contributed by atoms with E-state index < -0.39 is 0 Å². The van der Waals surface area contributed by atoms with E-state index in [0.717, 1.165) is 5.82 Å². The van der Waals surface area contributed by atoms with Crippen molar-refractivity contribution in [3.8, 4) is 6.07 Å². The van der Waals surface area contributed by atoms with Crippen molar-refractivity contribution in [1.82, 2.24) is 4.98 Å². The van der Waals surface area contributed by atoms with Gasteiger partial charge in [-0.1, -0.05) is 33.8 Å². The number of hydrogen-bond donors (Lipinski definition) is 1. The Morgan fingerprint density at radius 1 is 1.25 bits per heavy atom. The highest BCUT2D eigenvalue weighted by Gasteiger charge is 2.65. The van der Waals surface area contributed by atoms with Gasteiger partial charge in [-0.3, -0.25) is 0 Å². The molecule has 1 aliphatic rings. The molecule has 84 valence electrons. The lowest BCUT2D eigenvalue weighted by molar-refractivity contribution is 0.457. The zero-order chi connectivity index (χ0) is 12.0. The second-order valence-corrected chi connectivity index (χ2v) is 5.54. The minimum atomic E-state index is 0.275. The standard InChI is InChI=1S/C13H17N3/c1-12(2)11(13(12,3)4)16-10-7-5-6-9(8-14)15-10/h5-7,11H,1-4H3,(H,15,16). The maximum Gasteiger partial charge on any atom is 0.142 e. The van der Waals surface area contributed by atoms with Crippen molar-refractivity contribution in [3.63, 3.8) is 0 Å². The van der Waals surface area contributed by atoms with Gasteiger partial charge in [0.1, 0.15) is 17.6 Å². The van der Waals surface area contributed by atoms with Crippen LogP contribution in [0.2, 0.25) is 0 Å². The topological polar surface area (TPSA) is 48.7 Å². The van der Waals surface area contributed by atoms with Crippen molar-refractivity contribution in [2.45, 2.75) is 33.7 Å². The highest BCUT2D eigenvalue weighted by molar-refractivity contribution is 5.43. The van der Waals surface area contributed by atoms with Gasteiger partial charge in [0.25, 0.3) is 0 Å². The van der Waals surface area contributed by atoms with Crippen LogP contribution in [0, 0.1) is 22.2 Å². The third-order valence-electron chi connectivity index (χ3n) is 4.18. The van der Waals surface area contributed by atoms with E-state index in [2.05, 4.69) is 44.1 Å². The van der Waals surface area contributed by atoms with Gasteiger partial charge in [-0.15, -0.1) is 0 Å². The number of nitriles is 1. The Balaban J connectivity index is 2.15. The van der Waals surface area contributed by atoms with Crippen LogP contribution in [-0.2, 0) is 0 Å². The molecule has 0 atom stereocenters. The zero-order valence-electron chi connectivity index (χ0n) is 10.2. The van der Waals surface area contributed by atoms with E-state index >= 15 is 0 Å². The third-order valence-corrected chi connectivity index (χ3v) is 4.18. The second kappa shape index (κ2) is 3.21. The Morgan fingerprint density at radius 2 is 1.88 bits per heavy atom. The zero-order valence-corrected chi connectivity index (χ0v) is 10.2. The Kier molecular flexibility index (Phi) is 2.20. The molecule has 3 heteroatoms. The Bertz CT molecular complexity index is 440. The highest BCUT2D eigenvalue weighted by Crippen LogP contribution is 2.63.